The predicted molar refractivity (Wildman–Crippen MR) is 53.8 cm³/mol. The van der Waals surface area contributed by atoms with E-state index in [1.807, 2.05) is 0 Å². The van der Waals surface area contributed by atoms with Crippen LogP contribution in [-0.4, -0.2) is 11.7 Å². The summed E-state index contributed by atoms with van der Waals surface area (Å²) in [4.78, 5) is 0. The van der Waals surface area contributed by atoms with Crippen molar-refractivity contribution in [3.63, 3.8) is 0 Å². The number of aryl methyl sites for hydroxylation is 1. The van der Waals surface area contributed by atoms with Crippen molar-refractivity contribution >= 4 is 0 Å². The Morgan fingerprint density at radius 3 is 2.77 bits per heavy atom. The van der Waals surface area contributed by atoms with E-state index in [-0.39, 0.29) is 5.41 Å². The van der Waals surface area contributed by atoms with Gasteiger partial charge in [-0.15, -0.1) is 0 Å². The standard InChI is InChI=1S/C12H16O/c1-9-4-3-5-10-6-12(2,8-13)7-11(9)10/h3-5,13H,6-8H2,1-2H3. The van der Waals surface area contributed by atoms with Crippen LogP contribution in [0.1, 0.15) is 23.6 Å². The molecule has 0 aromatic heterocycles. The average molecular weight is 176 g/mol. The molecule has 1 atom stereocenters. The second kappa shape index (κ2) is 2.85. The molecule has 1 nitrogen and oxygen atoms in total. The molecule has 2 rings (SSSR count). The van der Waals surface area contributed by atoms with Gasteiger partial charge < -0.3 is 5.11 Å². The van der Waals surface area contributed by atoms with E-state index in [2.05, 4.69) is 32.0 Å². The smallest absolute Gasteiger partial charge is 0.0491 e. The largest absolute Gasteiger partial charge is 0.396 e. The van der Waals surface area contributed by atoms with Gasteiger partial charge in [0.1, 0.15) is 0 Å². The fourth-order valence-electron chi connectivity index (χ4n) is 2.24. The summed E-state index contributed by atoms with van der Waals surface area (Å²) in [5.41, 5.74) is 4.35. The minimum absolute atomic E-state index is 0.0917. The number of benzene rings is 1. The van der Waals surface area contributed by atoms with Crippen LogP contribution in [0.15, 0.2) is 18.2 Å². The molecule has 0 amide bonds. The molecule has 1 aliphatic carbocycles. The Morgan fingerprint density at radius 2 is 2.15 bits per heavy atom. The van der Waals surface area contributed by atoms with E-state index < -0.39 is 0 Å². The SMILES string of the molecule is Cc1cccc2c1CC(C)(CO)C2. The van der Waals surface area contributed by atoms with E-state index in [0.717, 1.165) is 12.8 Å². The highest BCUT2D eigenvalue weighted by molar-refractivity contribution is 5.39. The zero-order chi connectivity index (χ0) is 9.47. The lowest BCUT2D eigenvalue weighted by Crippen LogP contribution is -2.21. The molecule has 1 unspecified atom stereocenters. The first-order chi connectivity index (χ1) is 6.14. The molecule has 1 heteroatoms. The lowest BCUT2D eigenvalue weighted by atomic mass is 9.88. The van der Waals surface area contributed by atoms with E-state index in [9.17, 15) is 5.11 Å². The summed E-state index contributed by atoms with van der Waals surface area (Å²) >= 11 is 0. The van der Waals surface area contributed by atoms with Gasteiger partial charge in [0.15, 0.2) is 0 Å². The Labute approximate surface area is 79.4 Å². The van der Waals surface area contributed by atoms with Gasteiger partial charge >= 0.3 is 0 Å². The molecule has 0 aliphatic heterocycles. The molecule has 0 bridgehead atoms. The molecule has 13 heavy (non-hydrogen) atoms. The van der Waals surface area contributed by atoms with Gasteiger partial charge in [-0.3, -0.25) is 0 Å². The lowest BCUT2D eigenvalue weighted by Gasteiger charge is -2.19. The van der Waals surface area contributed by atoms with Crippen molar-refractivity contribution in [2.24, 2.45) is 5.41 Å². The van der Waals surface area contributed by atoms with Crippen molar-refractivity contribution < 1.29 is 5.11 Å². The van der Waals surface area contributed by atoms with Gasteiger partial charge in [-0.05, 0) is 41.9 Å². The summed E-state index contributed by atoms with van der Waals surface area (Å²) in [7, 11) is 0. The normalized spacial score (nSPS) is 26.1. The molecule has 1 aromatic rings. The maximum atomic E-state index is 9.29. The minimum Gasteiger partial charge on any atom is -0.396 e. The second-order valence-corrected chi connectivity index (χ2v) is 4.53. The summed E-state index contributed by atoms with van der Waals surface area (Å²) in [6.45, 7) is 4.61. The van der Waals surface area contributed by atoms with Crippen LogP contribution in [-0.2, 0) is 12.8 Å². The summed E-state index contributed by atoms with van der Waals surface area (Å²) in [5, 5.41) is 9.29. The third-order valence-electron chi connectivity index (χ3n) is 3.11. The number of aliphatic hydroxyl groups is 1. The number of hydrogen-bond donors (Lipinski definition) is 1. The number of aliphatic hydroxyl groups excluding tert-OH is 1. The zero-order valence-electron chi connectivity index (χ0n) is 8.30. The maximum Gasteiger partial charge on any atom is 0.0491 e. The van der Waals surface area contributed by atoms with E-state index in [0.29, 0.717) is 6.61 Å². The molecular weight excluding hydrogens is 160 g/mol. The van der Waals surface area contributed by atoms with Gasteiger partial charge in [-0.25, -0.2) is 0 Å². The first-order valence-electron chi connectivity index (χ1n) is 4.83. The first-order valence-corrected chi connectivity index (χ1v) is 4.83. The van der Waals surface area contributed by atoms with Crippen LogP contribution in [0.2, 0.25) is 0 Å². The number of rotatable bonds is 1. The van der Waals surface area contributed by atoms with Crippen LogP contribution in [0.3, 0.4) is 0 Å². The van der Waals surface area contributed by atoms with Gasteiger partial charge in [0, 0.05) is 6.61 Å². The Balaban J connectivity index is 2.40. The van der Waals surface area contributed by atoms with Gasteiger partial charge in [0.25, 0.3) is 0 Å². The summed E-state index contributed by atoms with van der Waals surface area (Å²) in [6.07, 6.45) is 2.06. The predicted octanol–water partition coefficient (Wildman–Crippen LogP) is 2.09. The number of hydrogen-bond acceptors (Lipinski definition) is 1. The van der Waals surface area contributed by atoms with Crippen molar-refractivity contribution in [3.05, 3.63) is 34.9 Å². The summed E-state index contributed by atoms with van der Waals surface area (Å²) < 4.78 is 0. The minimum atomic E-state index is 0.0917. The third-order valence-corrected chi connectivity index (χ3v) is 3.11. The molecule has 70 valence electrons. The van der Waals surface area contributed by atoms with Crippen molar-refractivity contribution in [1.29, 1.82) is 0 Å². The molecule has 1 aromatic carbocycles. The van der Waals surface area contributed by atoms with Gasteiger partial charge in [-0.1, -0.05) is 25.1 Å². The Morgan fingerprint density at radius 1 is 1.38 bits per heavy atom. The summed E-state index contributed by atoms with van der Waals surface area (Å²) in [5.74, 6) is 0. The van der Waals surface area contributed by atoms with Crippen molar-refractivity contribution in [2.45, 2.75) is 26.7 Å². The molecule has 0 saturated heterocycles. The van der Waals surface area contributed by atoms with E-state index in [4.69, 9.17) is 0 Å². The number of fused-ring (bicyclic) bond motifs is 1. The molecule has 0 saturated carbocycles. The summed E-state index contributed by atoms with van der Waals surface area (Å²) in [6, 6.07) is 6.45. The van der Waals surface area contributed by atoms with E-state index in [1.165, 1.54) is 16.7 Å². The van der Waals surface area contributed by atoms with Crippen LogP contribution >= 0.6 is 0 Å². The Hall–Kier alpha value is -0.820. The molecule has 0 fully saturated rings. The molecular formula is C12H16O. The van der Waals surface area contributed by atoms with Crippen LogP contribution in [0.4, 0.5) is 0 Å². The van der Waals surface area contributed by atoms with Gasteiger partial charge in [-0.2, -0.15) is 0 Å². The topological polar surface area (TPSA) is 20.2 Å². The van der Waals surface area contributed by atoms with Crippen LogP contribution in [0.5, 0.6) is 0 Å². The Bertz CT molecular complexity index is 330. The maximum absolute atomic E-state index is 9.29. The fourth-order valence-corrected chi connectivity index (χ4v) is 2.24. The fraction of sp³-hybridized carbons (Fsp3) is 0.500. The highest BCUT2D eigenvalue weighted by Crippen LogP contribution is 2.37. The third kappa shape index (κ3) is 1.37. The van der Waals surface area contributed by atoms with Crippen LogP contribution in [0, 0.1) is 12.3 Å². The molecule has 0 heterocycles. The average Bonchev–Trinajstić information content (AvgIpc) is 2.45. The highest BCUT2D eigenvalue weighted by Gasteiger charge is 2.32. The molecule has 0 spiro atoms. The van der Waals surface area contributed by atoms with Gasteiger partial charge in [0.05, 0.1) is 0 Å². The van der Waals surface area contributed by atoms with Crippen LogP contribution in [0.25, 0.3) is 0 Å². The zero-order valence-corrected chi connectivity index (χ0v) is 8.30. The van der Waals surface area contributed by atoms with E-state index in [1.54, 1.807) is 0 Å². The quantitative estimate of drug-likeness (QED) is 0.694. The highest BCUT2D eigenvalue weighted by atomic mass is 16.3. The lowest BCUT2D eigenvalue weighted by molar-refractivity contribution is 0.152. The van der Waals surface area contributed by atoms with Crippen molar-refractivity contribution in [2.75, 3.05) is 6.61 Å². The van der Waals surface area contributed by atoms with Crippen LogP contribution < -0.4 is 0 Å². The van der Waals surface area contributed by atoms with Crippen molar-refractivity contribution in [1.82, 2.24) is 0 Å². The molecule has 1 N–H and O–H groups in total. The first kappa shape index (κ1) is 8.76. The van der Waals surface area contributed by atoms with Gasteiger partial charge in [0.2, 0.25) is 0 Å². The molecule has 0 radical (unpaired) electrons. The molecule has 1 aliphatic rings. The van der Waals surface area contributed by atoms with Crippen molar-refractivity contribution in [3.8, 4) is 0 Å². The van der Waals surface area contributed by atoms with E-state index >= 15 is 0 Å². The Kier molecular flexibility index (Phi) is 1.92. The second-order valence-electron chi connectivity index (χ2n) is 4.53. The monoisotopic (exact) mass is 176 g/mol.